The monoisotopic (exact) mass is 407 g/mol. The minimum atomic E-state index is -0.107. The first-order valence-corrected chi connectivity index (χ1v) is 10.5. The summed E-state index contributed by atoms with van der Waals surface area (Å²) in [6, 6.07) is 15.1. The standard InChI is InChI=1S/C21H17N3O2S2/c25-20(11-18-14-28-21(24-18)15-7-9-27-13-15)23-16-5-3-6-19(10-16)26-12-17-4-1-2-8-22-17/h1-10,13-14H,11-12H2,(H,23,25). The molecule has 0 aliphatic rings. The van der Waals surface area contributed by atoms with Gasteiger partial charge in [-0.1, -0.05) is 12.1 Å². The van der Waals surface area contributed by atoms with Gasteiger partial charge in [-0.15, -0.1) is 11.3 Å². The van der Waals surface area contributed by atoms with Crippen LogP contribution in [0.15, 0.2) is 70.9 Å². The molecule has 4 aromatic rings. The van der Waals surface area contributed by atoms with E-state index in [2.05, 4.69) is 20.7 Å². The number of carbonyl (C=O) groups excluding carboxylic acids is 1. The minimum absolute atomic E-state index is 0.107. The Morgan fingerprint density at radius 1 is 1.07 bits per heavy atom. The summed E-state index contributed by atoms with van der Waals surface area (Å²) >= 11 is 3.19. The van der Waals surface area contributed by atoms with Crippen LogP contribution in [0.2, 0.25) is 0 Å². The zero-order valence-corrected chi connectivity index (χ0v) is 16.5. The molecule has 0 fully saturated rings. The van der Waals surface area contributed by atoms with E-state index in [0.717, 1.165) is 22.0 Å². The first-order valence-electron chi connectivity index (χ1n) is 8.66. The largest absolute Gasteiger partial charge is 0.487 e. The molecule has 28 heavy (non-hydrogen) atoms. The number of rotatable bonds is 7. The third-order valence-electron chi connectivity index (χ3n) is 3.89. The molecule has 140 valence electrons. The fraction of sp³-hybridized carbons (Fsp3) is 0.0952. The predicted molar refractivity (Wildman–Crippen MR) is 113 cm³/mol. The molecule has 0 radical (unpaired) electrons. The molecule has 0 aliphatic heterocycles. The highest BCUT2D eigenvalue weighted by atomic mass is 32.1. The molecule has 5 nitrogen and oxygen atoms in total. The summed E-state index contributed by atoms with van der Waals surface area (Å²) in [5.41, 5.74) is 3.41. The number of benzene rings is 1. The molecular formula is C21H17N3O2S2. The number of ether oxygens (including phenoxy) is 1. The first-order chi connectivity index (χ1) is 13.8. The Labute approximate surface area is 170 Å². The van der Waals surface area contributed by atoms with Gasteiger partial charge in [0.2, 0.25) is 5.91 Å². The van der Waals surface area contributed by atoms with Crippen LogP contribution in [0.5, 0.6) is 5.75 Å². The number of thiophene rings is 1. The van der Waals surface area contributed by atoms with E-state index in [4.69, 9.17) is 4.74 Å². The Morgan fingerprint density at radius 3 is 2.86 bits per heavy atom. The fourth-order valence-electron chi connectivity index (χ4n) is 2.58. The van der Waals surface area contributed by atoms with Crippen LogP contribution < -0.4 is 10.1 Å². The Morgan fingerprint density at radius 2 is 2.04 bits per heavy atom. The van der Waals surface area contributed by atoms with Crippen LogP contribution in [-0.2, 0) is 17.8 Å². The third-order valence-corrected chi connectivity index (χ3v) is 5.52. The SMILES string of the molecule is O=C(Cc1csc(-c2ccsc2)n1)Nc1cccc(OCc2ccccn2)c1. The van der Waals surface area contributed by atoms with Crippen molar-refractivity contribution in [3.63, 3.8) is 0 Å². The van der Waals surface area contributed by atoms with Gasteiger partial charge in [-0.25, -0.2) is 4.98 Å². The average molecular weight is 408 g/mol. The molecule has 0 saturated heterocycles. The smallest absolute Gasteiger partial charge is 0.230 e. The van der Waals surface area contributed by atoms with Crippen LogP contribution in [-0.4, -0.2) is 15.9 Å². The molecule has 3 aromatic heterocycles. The van der Waals surface area contributed by atoms with Crippen molar-refractivity contribution in [3.05, 3.63) is 82.3 Å². The van der Waals surface area contributed by atoms with Crippen molar-refractivity contribution in [1.29, 1.82) is 0 Å². The van der Waals surface area contributed by atoms with Crippen LogP contribution in [0, 0.1) is 0 Å². The number of anilines is 1. The molecule has 0 unspecified atom stereocenters. The summed E-state index contributed by atoms with van der Waals surface area (Å²) in [5, 5.41) is 9.85. The summed E-state index contributed by atoms with van der Waals surface area (Å²) < 4.78 is 5.75. The van der Waals surface area contributed by atoms with Crippen LogP contribution in [0.4, 0.5) is 5.69 Å². The molecule has 1 N–H and O–H groups in total. The lowest BCUT2D eigenvalue weighted by Crippen LogP contribution is -2.14. The molecule has 1 amide bonds. The number of amides is 1. The normalized spacial score (nSPS) is 10.6. The quantitative estimate of drug-likeness (QED) is 0.467. The lowest BCUT2D eigenvalue weighted by atomic mass is 10.2. The molecule has 0 aliphatic carbocycles. The van der Waals surface area contributed by atoms with Gasteiger partial charge in [-0.2, -0.15) is 11.3 Å². The van der Waals surface area contributed by atoms with Crippen LogP contribution in [0.1, 0.15) is 11.4 Å². The van der Waals surface area contributed by atoms with E-state index in [1.54, 1.807) is 34.9 Å². The van der Waals surface area contributed by atoms with E-state index in [1.807, 2.05) is 53.2 Å². The van der Waals surface area contributed by atoms with Gasteiger partial charge >= 0.3 is 0 Å². The second kappa shape index (κ2) is 8.77. The highest BCUT2D eigenvalue weighted by Gasteiger charge is 2.10. The number of aromatic nitrogens is 2. The molecular weight excluding hydrogens is 390 g/mol. The summed E-state index contributed by atoms with van der Waals surface area (Å²) in [7, 11) is 0. The average Bonchev–Trinajstić information content (AvgIpc) is 3.39. The van der Waals surface area contributed by atoms with Gasteiger partial charge in [0, 0.05) is 34.3 Å². The van der Waals surface area contributed by atoms with Gasteiger partial charge < -0.3 is 10.1 Å². The van der Waals surface area contributed by atoms with Crippen molar-refractivity contribution in [2.24, 2.45) is 0 Å². The molecule has 0 atom stereocenters. The number of pyridine rings is 1. The van der Waals surface area contributed by atoms with Crippen molar-refractivity contribution < 1.29 is 9.53 Å². The second-order valence-electron chi connectivity index (χ2n) is 6.02. The maximum atomic E-state index is 12.4. The van der Waals surface area contributed by atoms with Crippen LogP contribution in [0.25, 0.3) is 10.6 Å². The molecule has 0 bridgehead atoms. The Hall–Kier alpha value is -3.03. The molecule has 7 heteroatoms. The number of thiazole rings is 1. The number of hydrogen-bond donors (Lipinski definition) is 1. The second-order valence-corrected chi connectivity index (χ2v) is 7.66. The van der Waals surface area contributed by atoms with E-state index in [1.165, 1.54) is 0 Å². The van der Waals surface area contributed by atoms with E-state index in [-0.39, 0.29) is 12.3 Å². The maximum absolute atomic E-state index is 12.4. The van der Waals surface area contributed by atoms with Gasteiger partial charge in [0.15, 0.2) is 0 Å². The highest BCUT2D eigenvalue weighted by molar-refractivity contribution is 7.14. The maximum Gasteiger partial charge on any atom is 0.230 e. The lowest BCUT2D eigenvalue weighted by molar-refractivity contribution is -0.115. The summed E-state index contributed by atoms with van der Waals surface area (Å²) in [4.78, 5) is 21.2. The Bertz CT molecular complexity index is 1050. The van der Waals surface area contributed by atoms with E-state index < -0.39 is 0 Å². The summed E-state index contributed by atoms with van der Waals surface area (Å²) in [5.74, 6) is 0.570. The van der Waals surface area contributed by atoms with Gasteiger partial charge in [0.05, 0.1) is 17.8 Å². The zero-order valence-electron chi connectivity index (χ0n) is 14.9. The first kappa shape index (κ1) is 18.3. The van der Waals surface area contributed by atoms with E-state index >= 15 is 0 Å². The molecule has 4 rings (SSSR count). The number of nitrogens with zero attached hydrogens (tertiary/aromatic N) is 2. The topological polar surface area (TPSA) is 64.1 Å². The minimum Gasteiger partial charge on any atom is -0.487 e. The highest BCUT2D eigenvalue weighted by Crippen LogP contribution is 2.26. The van der Waals surface area contributed by atoms with Crippen molar-refractivity contribution in [2.75, 3.05) is 5.32 Å². The van der Waals surface area contributed by atoms with E-state index in [9.17, 15) is 4.79 Å². The molecule has 1 aromatic carbocycles. The van der Waals surface area contributed by atoms with Gasteiger partial charge in [-0.3, -0.25) is 9.78 Å². The lowest BCUT2D eigenvalue weighted by Gasteiger charge is -2.08. The van der Waals surface area contributed by atoms with Crippen molar-refractivity contribution >= 4 is 34.3 Å². The Balaban J connectivity index is 1.34. The predicted octanol–water partition coefficient (Wildman–Crippen LogP) is 5.03. The summed E-state index contributed by atoms with van der Waals surface area (Å²) in [6.45, 7) is 0.377. The number of nitrogens with one attached hydrogen (secondary N) is 1. The fourth-order valence-corrected chi connectivity index (χ4v) is 4.11. The van der Waals surface area contributed by atoms with E-state index in [0.29, 0.717) is 18.0 Å². The third kappa shape index (κ3) is 4.82. The number of hydrogen-bond acceptors (Lipinski definition) is 6. The van der Waals surface area contributed by atoms with Crippen molar-refractivity contribution in [2.45, 2.75) is 13.0 Å². The van der Waals surface area contributed by atoms with Crippen LogP contribution in [0.3, 0.4) is 0 Å². The van der Waals surface area contributed by atoms with Gasteiger partial charge in [-0.05, 0) is 35.7 Å². The van der Waals surface area contributed by atoms with Crippen molar-refractivity contribution in [1.82, 2.24) is 9.97 Å². The van der Waals surface area contributed by atoms with Gasteiger partial charge in [0.25, 0.3) is 0 Å². The zero-order chi connectivity index (χ0) is 19.2. The summed E-state index contributed by atoms with van der Waals surface area (Å²) in [6.07, 6.45) is 1.97. The molecule has 0 saturated carbocycles. The number of carbonyl (C=O) groups is 1. The molecule has 0 spiro atoms. The van der Waals surface area contributed by atoms with Crippen molar-refractivity contribution in [3.8, 4) is 16.3 Å². The van der Waals surface area contributed by atoms with Gasteiger partial charge in [0.1, 0.15) is 17.4 Å². The molecule has 3 heterocycles. The Kier molecular flexibility index (Phi) is 5.75. The van der Waals surface area contributed by atoms with Crippen LogP contribution >= 0.6 is 22.7 Å².